The fraction of sp³-hybridized carbons (Fsp3) is 0.333. The van der Waals surface area contributed by atoms with Gasteiger partial charge in [-0.2, -0.15) is 0 Å². The maximum Gasteiger partial charge on any atom is 0.243 e. The summed E-state index contributed by atoms with van der Waals surface area (Å²) in [7, 11) is 1.66. The topological polar surface area (TPSA) is 65.5 Å². The number of nitrogens with zero attached hydrogens (tertiary/aromatic N) is 1. The van der Waals surface area contributed by atoms with Gasteiger partial charge in [-0.05, 0) is 50.2 Å². The molecule has 1 aromatic carbocycles. The third-order valence-corrected chi connectivity index (χ3v) is 4.48. The lowest BCUT2D eigenvalue weighted by molar-refractivity contribution is -0.115. The van der Waals surface area contributed by atoms with E-state index >= 15 is 0 Å². The van der Waals surface area contributed by atoms with Crippen molar-refractivity contribution in [1.82, 2.24) is 10.6 Å². The first-order valence-electron chi connectivity index (χ1n) is 8.04. The average molecular weight is 362 g/mol. The molecular formula is C18H23FN4OS. The van der Waals surface area contributed by atoms with Gasteiger partial charge in [0.25, 0.3) is 0 Å². The standard InChI is InChI=1S/C18H23FN4OS/c1-12(10-16-9-4-13(2)25-16)22-18(20-3)21-11-17(24)23-15-7-5-14(19)6-8-15/h4-9,12H,10-11H2,1-3H3,(H,23,24)(H2,20,21,22). The number of hydrogen-bond acceptors (Lipinski definition) is 3. The Balaban J connectivity index is 1.77. The van der Waals surface area contributed by atoms with Gasteiger partial charge in [0.2, 0.25) is 5.91 Å². The van der Waals surface area contributed by atoms with Crippen molar-refractivity contribution < 1.29 is 9.18 Å². The summed E-state index contributed by atoms with van der Waals surface area (Å²) >= 11 is 1.78. The van der Waals surface area contributed by atoms with Gasteiger partial charge in [0.1, 0.15) is 5.82 Å². The molecule has 0 radical (unpaired) electrons. The minimum absolute atomic E-state index is 0.0713. The van der Waals surface area contributed by atoms with Gasteiger partial charge in [-0.25, -0.2) is 4.39 Å². The van der Waals surface area contributed by atoms with Crippen LogP contribution in [-0.4, -0.2) is 31.5 Å². The Bertz CT molecular complexity index is 727. The van der Waals surface area contributed by atoms with Gasteiger partial charge in [-0.3, -0.25) is 9.79 Å². The molecule has 0 fully saturated rings. The second kappa shape index (κ2) is 9.17. The van der Waals surface area contributed by atoms with Crippen LogP contribution in [0, 0.1) is 12.7 Å². The summed E-state index contributed by atoms with van der Waals surface area (Å²) in [5, 5.41) is 8.94. The number of anilines is 1. The lowest BCUT2D eigenvalue weighted by Crippen LogP contribution is -2.45. The van der Waals surface area contributed by atoms with E-state index in [1.165, 1.54) is 34.0 Å². The lowest BCUT2D eigenvalue weighted by atomic mass is 10.2. The molecule has 0 saturated carbocycles. The number of hydrogen-bond donors (Lipinski definition) is 3. The van der Waals surface area contributed by atoms with Crippen molar-refractivity contribution in [3.8, 4) is 0 Å². The lowest BCUT2D eigenvalue weighted by Gasteiger charge is -2.17. The van der Waals surface area contributed by atoms with E-state index in [0.29, 0.717) is 11.6 Å². The van der Waals surface area contributed by atoms with Crippen LogP contribution < -0.4 is 16.0 Å². The van der Waals surface area contributed by atoms with Crippen LogP contribution in [0.1, 0.15) is 16.7 Å². The Labute approximate surface area is 151 Å². The Morgan fingerprint density at radius 2 is 1.96 bits per heavy atom. The Morgan fingerprint density at radius 1 is 1.24 bits per heavy atom. The zero-order valence-electron chi connectivity index (χ0n) is 14.6. The number of thiophene rings is 1. The van der Waals surface area contributed by atoms with Crippen LogP contribution in [0.25, 0.3) is 0 Å². The summed E-state index contributed by atoms with van der Waals surface area (Å²) < 4.78 is 12.9. The predicted octanol–water partition coefficient (Wildman–Crippen LogP) is 2.93. The Kier molecular flexibility index (Phi) is 6.94. The zero-order valence-corrected chi connectivity index (χ0v) is 15.4. The summed E-state index contributed by atoms with van der Waals surface area (Å²) in [5.74, 6) is 0.00164. The minimum atomic E-state index is -0.337. The molecule has 1 amide bonds. The number of benzene rings is 1. The first-order valence-corrected chi connectivity index (χ1v) is 8.86. The predicted molar refractivity (Wildman–Crippen MR) is 102 cm³/mol. The van der Waals surface area contributed by atoms with Gasteiger partial charge < -0.3 is 16.0 Å². The number of aliphatic imine (C=N–C) groups is 1. The van der Waals surface area contributed by atoms with E-state index in [4.69, 9.17) is 0 Å². The highest BCUT2D eigenvalue weighted by molar-refractivity contribution is 7.11. The summed E-state index contributed by atoms with van der Waals surface area (Å²) in [6.45, 7) is 4.23. The molecule has 1 heterocycles. The van der Waals surface area contributed by atoms with E-state index in [2.05, 4.69) is 46.9 Å². The molecule has 0 aliphatic heterocycles. The van der Waals surface area contributed by atoms with Crippen molar-refractivity contribution in [2.24, 2.45) is 4.99 Å². The fourth-order valence-corrected chi connectivity index (χ4v) is 3.30. The van der Waals surface area contributed by atoms with Crippen LogP contribution in [0.15, 0.2) is 41.4 Å². The van der Waals surface area contributed by atoms with Crippen LogP contribution >= 0.6 is 11.3 Å². The first kappa shape index (κ1) is 18.9. The van der Waals surface area contributed by atoms with Gasteiger partial charge in [0.15, 0.2) is 5.96 Å². The fourth-order valence-electron chi connectivity index (χ4n) is 2.28. The van der Waals surface area contributed by atoms with E-state index in [0.717, 1.165) is 6.42 Å². The third-order valence-electron chi connectivity index (χ3n) is 3.45. The van der Waals surface area contributed by atoms with Gasteiger partial charge in [0.05, 0.1) is 6.54 Å². The van der Waals surface area contributed by atoms with Crippen molar-refractivity contribution in [1.29, 1.82) is 0 Å². The maximum absolute atomic E-state index is 12.9. The Morgan fingerprint density at radius 3 is 2.56 bits per heavy atom. The van der Waals surface area contributed by atoms with Crippen molar-refractivity contribution >= 4 is 28.9 Å². The van der Waals surface area contributed by atoms with Gasteiger partial charge >= 0.3 is 0 Å². The second-order valence-corrected chi connectivity index (χ2v) is 7.12. The number of amides is 1. The number of carbonyl (C=O) groups excluding carboxylic acids is 1. The van der Waals surface area contributed by atoms with E-state index in [1.807, 2.05) is 0 Å². The highest BCUT2D eigenvalue weighted by Crippen LogP contribution is 2.16. The number of guanidine groups is 1. The highest BCUT2D eigenvalue weighted by atomic mass is 32.1. The normalized spacial score (nSPS) is 12.6. The number of halogens is 1. The molecule has 3 N–H and O–H groups in total. The zero-order chi connectivity index (χ0) is 18.2. The second-order valence-electron chi connectivity index (χ2n) is 5.74. The molecule has 0 aliphatic carbocycles. The average Bonchev–Trinajstić information content (AvgIpc) is 2.98. The summed E-state index contributed by atoms with van der Waals surface area (Å²) in [6, 6.07) is 10.1. The highest BCUT2D eigenvalue weighted by Gasteiger charge is 2.09. The van der Waals surface area contributed by atoms with E-state index in [1.54, 1.807) is 18.4 Å². The quantitative estimate of drug-likeness (QED) is 0.547. The first-order chi connectivity index (χ1) is 12.0. The summed E-state index contributed by atoms with van der Waals surface area (Å²) in [6.07, 6.45) is 0.890. The minimum Gasteiger partial charge on any atom is -0.354 e. The van der Waals surface area contributed by atoms with Crippen LogP contribution in [0.5, 0.6) is 0 Å². The molecule has 1 unspecified atom stereocenters. The molecule has 0 saturated heterocycles. The number of rotatable bonds is 6. The molecule has 0 spiro atoms. The van der Waals surface area contributed by atoms with E-state index in [-0.39, 0.29) is 24.3 Å². The SMILES string of the molecule is CN=C(NCC(=O)Nc1ccc(F)cc1)NC(C)Cc1ccc(C)s1. The van der Waals surface area contributed by atoms with Gasteiger partial charge in [-0.1, -0.05) is 0 Å². The van der Waals surface area contributed by atoms with Gasteiger partial charge in [0, 0.05) is 35.0 Å². The van der Waals surface area contributed by atoms with Crippen molar-refractivity contribution in [2.75, 3.05) is 18.9 Å². The molecule has 2 aromatic rings. The van der Waals surface area contributed by atoms with Crippen molar-refractivity contribution in [2.45, 2.75) is 26.3 Å². The molecule has 0 aliphatic rings. The molecule has 134 valence electrons. The summed E-state index contributed by atoms with van der Waals surface area (Å²) in [5.41, 5.74) is 0.553. The van der Waals surface area contributed by atoms with Crippen molar-refractivity contribution in [3.05, 3.63) is 52.0 Å². The molecule has 0 bridgehead atoms. The smallest absolute Gasteiger partial charge is 0.243 e. The third kappa shape index (κ3) is 6.54. The largest absolute Gasteiger partial charge is 0.354 e. The van der Waals surface area contributed by atoms with E-state index < -0.39 is 0 Å². The molecular weight excluding hydrogens is 339 g/mol. The molecule has 5 nitrogen and oxygen atoms in total. The van der Waals surface area contributed by atoms with Crippen LogP contribution in [0.3, 0.4) is 0 Å². The maximum atomic E-state index is 12.9. The monoisotopic (exact) mass is 362 g/mol. The van der Waals surface area contributed by atoms with Crippen LogP contribution in [0.4, 0.5) is 10.1 Å². The molecule has 2 rings (SSSR count). The van der Waals surface area contributed by atoms with Gasteiger partial charge in [-0.15, -0.1) is 11.3 Å². The van der Waals surface area contributed by atoms with Crippen molar-refractivity contribution in [3.63, 3.8) is 0 Å². The number of aryl methyl sites for hydroxylation is 1. The number of carbonyl (C=O) groups is 1. The number of nitrogens with one attached hydrogen (secondary N) is 3. The van der Waals surface area contributed by atoms with Crippen LogP contribution in [-0.2, 0) is 11.2 Å². The van der Waals surface area contributed by atoms with Crippen LogP contribution in [0.2, 0.25) is 0 Å². The molecule has 7 heteroatoms. The molecule has 1 aromatic heterocycles. The summed E-state index contributed by atoms with van der Waals surface area (Å²) in [4.78, 5) is 18.7. The molecule has 1 atom stereocenters. The molecule has 25 heavy (non-hydrogen) atoms. The Hall–Kier alpha value is -2.41. The van der Waals surface area contributed by atoms with E-state index in [9.17, 15) is 9.18 Å².